The maximum Gasteiger partial charge on any atom is 0.338 e. The van der Waals surface area contributed by atoms with Crippen molar-refractivity contribution in [3.8, 4) is 5.75 Å². The lowest BCUT2D eigenvalue weighted by Gasteiger charge is -2.27. The lowest BCUT2D eigenvalue weighted by molar-refractivity contribution is -0.139. The van der Waals surface area contributed by atoms with E-state index in [0.29, 0.717) is 50.1 Å². The molecule has 0 saturated carbocycles. The molecule has 8 nitrogen and oxygen atoms in total. The average molecular weight is 552 g/mol. The second-order valence-electron chi connectivity index (χ2n) is 9.00. The minimum absolute atomic E-state index is 0.159. The number of nitrogens with one attached hydrogen (secondary N) is 1. The van der Waals surface area contributed by atoms with Crippen LogP contribution in [0, 0.1) is 6.92 Å². The first-order valence-electron chi connectivity index (χ1n) is 12.3. The molecule has 3 heterocycles. The summed E-state index contributed by atoms with van der Waals surface area (Å²) >= 11 is 7.52. The van der Waals surface area contributed by atoms with Gasteiger partial charge in [0.1, 0.15) is 16.3 Å². The van der Waals surface area contributed by atoms with Crippen LogP contribution >= 0.6 is 22.9 Å². The van der Waals surface area contributed by atoms with E-state index in [1.807, 2.05) is 32.0 Å². The van der Waals surface area contributed by atoms with Gasteiger partial charge in [-0.3, -0.25) is 14.2 Å². The van der Waals surface area contributed by atoms with Gasteiger partial charge < -0.3 is 14.8 Å². The number of nitrogens with zero attached hydrogens (tertiary/aromatic N) is 2. The molecule has 1 N–H and O–H groups in total. The zero-order chi connectivity index (χ0) is 27.1. The summed E-state index contributed by atoms with van der Waals surface area (Å²) in [5.41, 5.74) is 3.44. The highest BCUT2D eigenvalue weighted by atomic mass is 35.5. The highest BCUT2D eigenvalue weighted by molar-refractivity contribution is 7.07. The quantitative estimate of drug-likeness (QED) is 0.469. The van der Waals surface area contributed by atoms with Crippen LogP contribution in [0.25, 0.3) is 5.57 Å². The largest absolute Gasteiger partial charge is 0.496 e. The van der Waals surface area contributed by atoms with E-state index in [4.69, 9.17) is 26.1 Å². The first-order chi connectivity index (χ1) is 18.3. The van der Waals surface area contributed by atoms with Crippen LogP contribution < -0.4 is 24.9 Å². The van der Waals surface area contributed by atoms with E-state index in [0.717, 1.165) is 23.3 Å². The molecule has 0 spiro atoms. The summed E-state index contributed by atoms with van der Waals surface area (Å²) in [6, 6.07) is 9.75. The van der Waals surface area contributed by atoms with E-state index >= 15 is 0 Å². The molecule has 3 aromatic rings. The van der Waals surface area contributed by atoms with Crippen LogP contribution in [0.15, 0.2) is 57.5 Å². The molecule has 0 unspecified atom stereocenters. The molecular weight excluding hydrogens is 526 g/mol. The van der Waals surface area contributed by atoms with Crippen LogP contribution in [0.4, 0.5) is 5.69 Å². The van der Waals surface area contributed by atoms with Gasteiger partial charge in [0.05, 0.1) is 30.6 Å². The number of hydrogen-bond donors (Lipinski definition) is 1. The topological polar surface area (TPSA) is 99.0 Å². The normalized spacial score (nSPS) is 17.5. The summed E-state index contributed by atoms with van der Waals surface area (Å²) in [6.07, 6.45) is 1.21. The molecule has 1 atom stereocenters. The van der Waals surface area contributed by atoms with E-state index < -0.39 is 17.6 Å². The van der Waals surface area contributed by atoms with Gasteiger partial charge in [0, 0.05) is 21.8 Å². The Morgan fingerprint density at radius 3 is 2.68 bits per heavy atom. The maximum atomic E-state index is 14.2. The van der Waals surface area contributed by atoms with Gasteiger partial charge in [0.25, 0.3) is 11.5 Å². The van der Waals surface area contributed by atoms with Gasteiger partial charge >= 0.3 is 5.97 Å². The second-order valence-corrected chi connectivity index (χ2v) is 10.4. The van der Waals surface area contributed by atoms with E-state index in [2.05, 4.69) is 5.32 Å². The zero-order valence-corrected chi connectivity index (χ0v) is 23.0. The summed E-state index contributed by atoms with van der Waals surface area (Å²) in [5, 5.41) is 3.27. The number of thiazole rings is 1. The Balaban J connectivity index is 1.89. The van der Waals surface area contributed by atoms with Crippen molar-refractivity contribution in [3.05, 3.63) is 89.1 Å². The molecule has 5 rings (SSSR count). The van der Waals surface area contributed by atoms with Crippen LogP contribution in [0.2, 0.25) is 5.02 Å². The number of esters is 1. The molecule has 0 radical (unpaired) electrons. The lowest BCUT2D eigenvalue weighted by Crippen LogP contribution is -2.41. The number of aromatic nitrogens is 1. The Hall–Kier alpha value is -3.69. The van der Waals surface area contributed by atoms with Crippen LogP contribution in [-0.2, 0) is 14.3 Å². The van der Waals surface area contributed by atoms with Gasteiger partial charge in [-0.15, -0.1) is 0 Å². The van der Waals surface area contributed by atoms with Gasteiger partial charge in [-0.25, -0.2) is 9.79 Å². The number of carbonyl (C=O) groups excluding carboxylic acids is 2. The van der Waals surface area contributed by atoms with Crippen molar-refractivity contribution in [2.24, 2.45) is 4.99 Å². The molecule has 0 aliphatic carbocycles. The lowest BCUT2D eigenvalue weighted by atomic mass is 9.93. The minimum Gasteiger partial charge on any atom is -0.496 e. The van der Waals surface area contributed by atoms with Crippen molar-refractivity contribution in [2.75, 3.05) is 19.0 Å². The van der Waals surface area contributed by atoms with Crippen molar-refractivity contribution in [2.45, 2.75) is 39.7 Å². The number of fused-ring (bicyclic) bond motifs is 2. The van der Waals surface area contributed by atoms with Gasteiger partial charge in [-0.2, -0.15) is 0 Å². The fraction of sp³-hybridized carbons (Fsp3) is 0.286. The zero-order valence-electron chi connectivity index (χ0n) is 21.4. The molecule has 1 aromatic heterocycles. The van der Waals surface area contributed by atoms with Gasteiger partial charge in [-0.05, 0) is 50.6 Å². The summed E-state index contributed by atoms with van der Waals surface area (Å²) in [5.74, 6) is -0.466. The van der Waals surface area contributed by atoms with Crippen LogP contribution in [0.1, 0.15) is 49.4 Å². The minimum atomic E-state index is -0.906. The Morgan fingerprint density at radius 1 is 1.18 bits per heavy atom. The van der Waals surface area contributed by atoms with Crippen molar-refractivity contribution >= 4 is 46.1 Å². The first kappa shape index (κ1) is 25.9. The van der Waals surface area contributed by atoms with Crippen molar-refractivity contribution in [1.82, 2.24) is 4.57 Å². The average Bonchev–Trinajstić information content (AvgIpc) is 3.38. The van der Waals surface area contributed by atoms with Gasteiger partial charge in [-0.1, -0.05) is 47.9 Å². The first-order valence-corrected chi connectivity index (χ1v) is 13.5. The summed E-state index contributed by atoms with van der Waals surface area (Å²) < 4.78 is 12.8. The molecule has 0 fully saturated rings. The van der Waals surface area contributed by atoms with Crippen LogP contribution in [-0.4, -0.2) is 30.2 Å². The van der Waals surface area contributed by atoms with Crippen LogP contribution in [0.3, 0.4) is 0 Å². The van der Waals surface area contributed by atoms with E-state index in [1.54, 1.807) is 25.1 Å². The summed E-state index contributed by atoms with van der Waals surface area (Å²) in [6.45, 7) is 5.80. The Bertz CT molecular complexity index is 1700. The molecular formula is C28H26ClN3O5S. The number of allylic oxidation sites excluding steroid dienone is 1. The molecule has 2 aliphatic rings. The molecule has 2 aliphatic heterocycles. The number of ether oxygens (including phenoxy) is 2. The number of amides is 1. The number of benzene rings is 2. The Kier molecular flexibility index (Phi) is 6.98. The fourth-order valence-electron chi connectivity index (χ4n) is 4.89. The summed E-state index contributed by atoms with van der Waals surface area (Å²) in [7, 11) is 1.52. The number of anilines is 1. The molecule has 196 valence electrons. The second kappa shape index (κ2) is 10.2. The predicted molar refractivity (Wildman–Crippen MR) is 146 cm³/mol. The van der Waals surface area contributed by atoms with Gasteiger partial charge in [0.15, 0.2) is 4.80 Å². The van der Waals surface area contributed by atoms with Gasteiger partial charge in [0.2, 0.25) is 0 Å². The van der Waals surface area contributed by atoms with Crippen molar-refractivity contribution < 1.29 is 19.1 Å². The highest BCUT2D eigenvalue weighted by Crippen LogP contribution is 2.38. The van der Waals surface area contributed by atoms with E-state index in [-0.39, 0.29) is 22.6 Å². The number of rotatable bonds is 6. The monoisotopic (exact) mass is 551 g/mol. The number of halogens is 1. The number of hydrogen-bond acceptors (Lipinski definition) is 7. The third-order valence-corrected chi connectivity index (χ3v) is 7.79. The Labute approximate surface area is 227 Å². The fourth-order valence-corrected chi connectivity index (χ4v) is 6.19. The number of carbonyl (C=O) groups is 2. The SMILES string of the molecule is CCCC1=C(C(=O)OCC)[C@H](c2cc(Cl)ccc2OC)n2c(s/c(=C3/C(=O)Nc4ccc(C)cc43)c2=O)=N1. The third-order valence-electron chi connectivity index (χ3n) is 6.50. The van der Waals surface area contributed by atoms with E-state index in [1.165, 1.54) is 11.7 Å². The Morgan fingerprint density at radius 2 is 1.97 bits per heavy atom. The number of aryl methyl sites for hydroxylation is 1. The molecule has 0 bridgehead atoms. The highest BCUT2D eigenvalue weighted by Gasteiger charge is 2.37. The van der Waals surface area contributed by atoms with Crippen LogP contribution in [0.5, 0.6) is 5.75 Å². The molecule has 10 heteroatoms. The van der Waals surface area contributed by atoms with E-state index in [9.17, 15) is 14.4 Å². The summed E-state index contributed by atoms with van der Waals surface area (Å²) in [4.78, 5) is 45.8. The molecule has 1 amide bonds. The van der Waals surface area contributed by atoms with Crippen molar-refractivity contribution in [3.63, 3.8) is 0 Å². The standard InChI is InChI=1S/C28H26ClN3O5S/c1-5-7-19-22(27(35)37-6-2)23(17-13-15(29)9-11-20(17)36-4)32-26(34)24(38-28(32)31-19)21-16-12-14(3)8-10-18(16)30-25(21)33/h8-13,23H,5-7H2,1-4H3,(H,30,33)/b24-21+/t23-/m0/s1. The number of methoxy groups -OCH3 is 1. The molecule has 38 heavy (non-hydrogen) atoms. The maximum absolute atomic E-state index is 14.2. The molecule has 0 saturated heterocycles. The smallest absolute Gasteiger partial charge is 0.338 e. The third kappa shape index (κ3) is 4.25. The predicted octanol–water partition coefficient (Wildman–Crippen LogP) is 3.87. The van der Waals surface area contributed by atoms with Crippen molar-refractivity contribution in [1.29, 1.82) is 0 Å². The molecule has 2 aromatic carbocycles.